The molecule has 2 fully saturated rings. The van der Waals surface area contributed by atoms with Gasteiger partial charge in [-0.3, -0.25) is 9.36 Å². The Morgan fingerprint density at radius 3 is 2.76 bits per heavy atom. The van der Waals surface area contributed by atoms with Crippen molar-refractivity contribution in [1.82, 2.24) is 24.3 Å². The number of rotatable bonds is 4. The number of aromatic nitrogens is 5. The monoisotopic (exact) mass is 385 g/mol. The van der Waals surface area contributed by atoms with Crippen molar-refractivity contribution < 1.29 is 0 Å². The lowest BCUT2D eigenvalue weighted by atomic mass is 9.63. The molecule has 1 aromatic carbocycles. The molecule has 146 valence electrons. The molecule has 0 aliphatic heterocycles. The molecule has 0 radical (unpaired) electrons. The molecule has 6 nitrogen and oxygen atoms in total. The summed E-state index contributed by atoms with van der Waals surface area (Å²) >= 11 is 0. The molecule has 0 atom stereocenters. The summed E-state index contributed by atoms with van der Waals surface area (Å²) in [5.41, 5.74) is 4.00. The smallest absolute Gasteiger partial charge is 0.279 e. The van der Waals surface area contributed by atoms with Crippen molar-refractivity contribution in [1.29, 1.82) is 0 Å². The van der Waals surface area contributed by atoms with Crippen molar-refractivity contribution in [3.8, 4) is 5.69 Å². The first-order valence-corrected chi connectivity index (χ1v) is 10.4. The zero-order valence-electron chi connectivity index (χ0n) is 16.4. The van der Waals surface area contributed by atoms with Crippen LogP contribution in [-0.4, -0.2) is 24.3 Å². The molecule has 0 saturated heterocycles. The Labute approximate surface area is 168 Å². The molecule has 0 amide bonds. The number of H-pyrrole nitrogens is 1. The van der Waals surface area contributed by atoms with Gasteiger partial charge < -0.3 is 9.55 Å². The molecule has 0 unspecified atom stereocenters. The van der Waals surface area contributed by atoms with E-state index in [1.54, 1.807) is 6.33 Å². The van der Waals surface area contributed by atoms with Crippen LogP contribution in [0.25, 0.3) is 16.6 Å². The van der Waals surface area contributed by atoms with Gasteiger partial charge in [-0.1, -0.05) is 18.6 Å². The first-order chi connectivity index (χ1) is 14.2. The fraction of sp³-hybridized carbons (Fsp3) is 0.348. The van der Waals surface area contributed by atoms with Gasteiger partial charge in [-0.2, -0.15) is 0 Å². The van der Waals surface area contributed by atoms with Crippen molar-refractivity contribution in [2.24, 2.45) is 7.05 Å². The van der Waals surface area contributed by atoms with E-state index in [-0.39, 0.29) is 11.0 Å². The molecule has 0 bridgehead atoms. The number of nitrogens with one attached hydrogen (secondary N) is 1. The Balaban J connectivity index is 1.53. The fourth-order valence-electron chi connectivity index (χ4n) is 4.93. The summed E-state index contributed by atoms with van der Waals surface area (Å²) in [5, 5.41) is 9.60. The van der Waals surface area contributed by atoms with E-state index in [1.807, 2.05) is 34.5 Å². The van der Waals surface area contributed by atoms with Gasteiger partial charge in [0.25, 0.3) is 5.56 Å². The van der Waals surface area contributed by atoms with E-state index in [4.69, 9.17) is 0 Å². The summed E-state index contributed by atoms with van der Waals surface area (Å²) < 4.78 is 3.84. The third-order valence-corrected chi connectivity index (χ3v) is 6.80. The van der Waals surface area contributed by atoms with Gasteiger partial charge >= 0.3 is 0 Å². The lowest BCUT2D eigenvalue weighted by Crippen LogP contribution is -2.38. The van der Waals surface area contributed by atoms with Crippen LogP contribution in [0.15, 0.2) is 53.8 Å². The summed E-state index contributed by atoms with van der Waals surface area (Å²) in [5.74, 6) is 1.58. The molecule has 1 N–H and O–H groups in total. The molecule has 3 heterocycles. The van der Waals surface area contributed by atoms with E-state index in [1.165, 1.54) is 30.4 Å². The summed E-state index contributed by atoms with van der Waals surface area (Å²) in [6.07, 6.45) is 11.4. The van der Waals surface area contributed by atoms with Gasteiger partial charge in [0, 0.05) is 30.5 Å². The van der Waals surface area contributed by atoms with Crippen molar-refractivity contribution >= 4 is 10.9 Å². The second kappa shape index (κ2) is 5.92. The van der Waals surface area contributed by atoms with Crippen LogP contribution >= 0.6 is 0 Å². The molecule has 6 rings (SSSR count). The SMILES string of the molecule is Cn1cnnc1C1(c2cccc(-n3cc(C4CC4)c4cc[nH]c4c3=O)c2)CCC1. The molecule has 2 aliphatic rings. The average molecular weight is 385 g/mol. The average Bonchev–Trinajstić information content (AvgIpc) is 3.25. The summed E-state index contributed by atoms with van der Waals surface area (Å²) in [4.78, 5) is 16.4. The summed E-state index contributed by atoms with van der Waals surface area (Å²) in [6.45, 7) is 0. The lowest BCUT2D eigenvalue weighted by Gasteiger charge is -2.41. The zero-order chi connectivity index (χ0) is 19.6. The second-order valence-electron chi connectivity index (χ2n) is 8.55. The molecule has 2 aliphatic carbocycles. The third-order valence-electron chi connectivity index (χ3n) is 6.80. The van der Waals surface area contributed by atoms with Gasteiger partial charge in [0.2, 0.25) is 0 Å². The molecule has 3 aromatic heterocycles. The third kappa shape index (κ3) is 2.38. The highest BCUT2D eigenvalue weighted by atomic mass is 16.1. The molecule has 29 heavy (non-hydrogen) atoms. The van der Waals surface area contributed by atoms with Gasteiger partial charge in [0.05, 0.1) is 5.41 Å². The standard InChI is InChI=1S/C23H23N5O/c1-27-14-25-26-22(27)23(9-3-10-23)16-4-2-5-17(12-16)28-13-19(15-6-7-15)18-8-11-24-20(18)21(28)29/h2,4-5,8,11-15,24H,3,6-7,9-10H2,1H3. The number of hydrogen-bond donors (Lipinski definition) is 1. The van der Waals surface area contributed by atoms with Crippen LogP contribution < -0.4 is 5.56 Å². The maximum absolute atomic E-state index is 13.2. The maximum atomic E-state index is 13.2. The number of benzene rings is 1. The van der Waals surface area contributed by atoms with Crippen LogP contribution in [0.2, 0.25) is 0 Å². The Hall–Kier alpha value is -3.15. The van der Waals surface area contributed by atoms with Gasteiger partial charge in [0.1, 0.15) is 17.7 Å². The van der Waals surface area contributed by atoms with Gasteiger partial charge in [0.15, 0.2) is 0 Å². The second-order valence-corrected chi connectivity index (χ2v) is 8.55. The number of nitrogens with zero attached hydrogens (tertiary/aromatic N) is 4. The fourth-order valence-corrected chi connectivity index (χ4v) is 4.93. The van der Waals surface area contributed by atoms with Gasteiger partial charge in [-0.05, 0) is 60.9 Å². The minimum absolute atomic E-state index is 0.00728. The molecular formula is C23H23N5O. The molecule has 2 saturated carbocycles. The van der Waals surface area contributed by atoms with E-state index in [2.05, 4.69) is 39.6 Å². The number of hydrogen-bond acceptors (Lipinski definition) is 3. The Morgan fingerprint density at radius 2 is 2.07 bits per heavy atom. The Bertz CT molecular complexity index is 1290. The van der Waals surface area contributed by atoms with Crippen molar-refractivity contribution in [2.75, 3.05) is 0 Å². The molecule has 4 aromatic rings. The van der Waals surface area contributed by atoms with Crippen molar-refractivity contribution in [3.63, 3.8) is 0 Å². The van der Waals surface area contributed by atoms with E-state index in [9.17, 15) is 4.79 Å². The first-order valence-electron chi connectivity index (χ1n) is 10.4. The van der Waals surface area contributed by atoms with E-state index >= 15 is 0 Å². The summed E-state index contributed by atoms with van der Waals surface area (Å²) in [6, 6.07) is 10.4. The van der Waals surface area contributed by atoms with Crippen LogP contribution in [0, 0.1) is 0 Å². The van der Waals surface area contributed by atoms with E-state index in [0.29, 0.717) is 11.4 Å². The van der Waals surface area contributed by atoms with Crippen LogP contribution in [0.3, 0.4) is 0 Å². The predicted octanol–water partition coefficient (Wildman–Crippen LogP) is 3.79. The minimum atomic E-state index is -0.110. The maximum Gasteiger partial charge on any atom is 0.279 e. The Morgan fingerprint density at radius 1 is 1.21 bits per heavy atom. The molecule has 0 spiro atoms. The number of fused-ring (bicyclic) bond motifs is 1. The quantitative estimate of drug-likeness (QED) is 0.581. The summed E-state index contributed by atoms with van der Waals surface area (Å²) in [7, 11) is 2.00. The topological polar surface area (TPSA) is 68.5 Å². The lowest BCUT2D eigenvalue weighted by molar-refractivity contribution is 0.278. The van der Waals surface area contributed by atoms with Gasteiger partial charge in [-0.15, -0.1) is 10.2 Å². The van der Waals surface area contributed by atoms with Crippen LogP contribution in [0.4, 0.5) is 0 Å². The van der Waals surface area contributed by atoms with E-state index < -0.39 is 0 Å². The predicted molar refractivity (Wildman–Crippen MR) is 112 cm³/mol. The van der Waals surface area contributed by atoms with Gasteiger partial charge in [-0.25, -0.2) is 0 Å². The molecular weight excluding hydrogens is 362 g/mol. The highest BCUT2D eigenvalue weighted by molar-refractivity contribution is 5.83. The Kier molecular flexibility index (Phi) is 3.43. The van der Waals surface area contributed by atoms with Crippen molar-refractivity contribution in [2.45, 2.75) is 43.4 Å². The largest absolute Gasteiger partial charge is 0.357 e. The number of pyridine rings is 1. The van der Waals surface area contributed by atoms with E-state index in [0.717, 1.165) is 29.7 Å². The van der Waals surface area contributed by atoms with Crippen LogP contribution in [0.5, 0.6) is 0 Å². The van der Waals surface area contributed by atoms with Crippen molar-refractivity contribution in [3.05, 3.63) is 76.4 Å². The van der Waals surface area contributed by atoms with Crippen LogP contribution in [0.1, 0.15) is 55.0 Å². The highest BCUT2D eigenvalue weighted by Crippen LogP contribution is 2.48. The normalized spacial score (nSPS) is 18.1. The number of aryl methyl sites for hydroxylation is 1. The highest BCUT2D eigenvalue weighted by Gasteiger charge is 2.44. The number of aromatic amines is 1. The molecule has 6 heteroatoms. The minimum Gasteiger partial charge on any atom is -0.357 e. The zero-order valence-corrected chi connectivity index (χ0v) is 16.4. The van der Waals surface area contributed by atoms with Crippen LogP contribution in [-0.2, 0) is 12.5 Å². The first kappa shape index (κ1) is 16.8.